The molecule has 3 N–H and O–H groups in total. The minimum absolute atomic E-state index is 0.854. The molecule has 1 aliphatic rings. The molecule has 1 fully saturated rings. The Morgan fingerprint density at radius 1 is 1.19 bits per heavy atom. The van der Waals surface area contributed by atoms with Gasteiger partial charge in [0.25, 0.3) is 0 Å². The summed E-state index contributed by atoms with van der Waals surface area (Å²) in [5, 5.41) is 3.56. The Bertz CT molecular complexity index is 155. The number of hydrogen-bond donors (Lipinski definition) is 2. The van der Waals surface area contributed by atoms with E-state index in [1.165, 1.54) is 64.5 Å². The van der Waals surface area contributed by atoms with Gasteiger partial charge in [0.15, 0.2) is 0 Å². The minimum atomic E-state index is 0.854. The fraction of sp³-hybridized carbons (Fsp3) is 1.00. The van der Waals surface area contributed by atoms with Crippen LogP contribution in [0.4, 0.5) is 0 Å². The summed E-state index contributed by atoms with van der Waals surface area (Å²) in [5.41, 5.74) is 5.59. The van der Waals surface area contributed by atoms with Crippen molar-refractivity contribution in [3.05, 3.63) is 0 Å². The zero-order valence-corrected chi connectivity index (χ0v) is 11.0. The van der Waals surface area contributed by atoms with E-state index in [4.69, 9.17) is 5.73 Å². The molecule has 1 atom stereocenters. The lowest BCUT2D eigenvalue weighted by molar-refractivity contribution is 0.421. The number of nitrogens with one attached hydrogen (secondary N) is 1. The molecule has 1 rings (SSSR count). The fourth-order valence-electron chi connectivity index (χ4n) is 2.35. The van der Waals surface area contributed by atoms with E-state index in [2.05, 4.69) is 12.2 Å². The average molecular weight is 226 g/mol. The predicted molar refractivity (Wildman–Crippen MR) is 71.5 cm³/mol. The van der Waals surface area contributed by atoms with Crippen molar-refractivity contribution in [3.8, 4) is 0 Å². The van der Waals surface area contributed by atoms with Gasteiger partial charge in [-0.15, -0.1) is 0 Å². The van der Waals surface area contributed by atoms with Gasteiger partial charge in [0.05, 0.1) is 0 Å². The molecule has 2 nitrogen and oxygen atoms in total. The van der Waals surface area contributed by atoms with Crippen molar-refractivity contribution in [1.82, 2.24) is 5.32 Å². The van der Waals surface area contributed by atoms with Gasteiger partial charge in [0.2, 0.25) is 0 Å². The van der Waals surface area contributed by atoms with Crippen LogP contribution < -0.4 is 11.1 Å². The fourth-order valence-corrected chi connectivity index (χ4v) is 2.35. The van der Waals surface area contributed by atoms with Gasteiger partial charge >= 0.3 is 0 Å². The second kappa shape index (κ2) is 9.00. The van der Waals surface area contributed by atoms with Crippen LogP contribution in [-0.4, -0.2) is 19.6 Å². The van der Waals surface area contributed by atoms with Crippen LogP contribution in [0.2, 0.25) is 0 Å². The van der Waals surface area contributed by atoms with E-state index in [-0.39, 0.29) is 0 Å². The van der Waals surface area contributed by atoms with Crippen molar-refractivity contribution in [2.75, 3.05) is 19.6 Å². The van der Waals surface area contributed by atoms with Gasteiger partial charge < -0.3 is 11.1 Å². The zero-order chi connectivity index (χ0) is 11.6. The van der Waals surface area contributed by atoms with E-state index in [0.29, 0.717) is 0 Å². The van der Waals surface area contributed by atoms with Crippen LogP contribution in [0.25, 0.3) is 0 Å². The summed E-state index contributed by atoms with van der Waals surface area (Å²) < 4.78 is 0. The Morgan fingerprint density at radius 3 is 2.56 bits per heavy atom. The number of nitrogens with two attached hydrogens (primary N) is 1. The Morgan fingerprint density at radius 2 is 1.94 bits per heavy atom. The SMILES string of the molecule is CCC(CCN)CCCNCCCC1CC1. The first kappa shape index (κ1) is 14.0. The molecule has 0 radical (unpaired) electrons. The van der Waals surface area contributed by atoms with E-state index in [1.54, 1.807) is 0 Å². The van der Waals surface area contributed by atoms with Crippen molar-refractivity contribution < 1.29 is 0 Å². The predicted octanol–water partition coefficient (Wildman–Crippen LogP) is 2.92. The highest BCUT2D eigenvalue weighted by molar-refractivity contribution is 4.72. The van der Waals surface area contributed by atoms with Crippen LogP contribution in [0.1, 0.15) is 58.3 Å². The average Bonchev–Trinajstić information content (AvgIpc) is 3.10. The van der Waals surface area contributed by atoms with Gasteiger partial charge in [-0.1, -0.05) is 26.2 Å². The van der Waals surface area contributed by atoms with Crippen molar-refractivity contribution in [3.63, 3.8) is 0 Å². The lowest BCUT2D eigenvalue weighted by Crippen LogP contribution is -2.18. The first-order valence-electron chi connectivity index (χ1n) is 7.27. The second-order valence-corrected chi connectivity index (χ2v) is 5.33. The molecular formula is C14H30N2. The standard InChI is InChI=1S/C14H30N2/c1-2-13(9-10-15)5-3-11-16-12-4-6-14-7-8-14/h13-14,16H,2-12,15H2,1H3. The summed E-state index contributed by atoms with van der Waals surface area (Å²) in [6.45, 7) is 5.56. The largest absolute Gasteiger partial charge is 0.330 e. The number of hydrogen-bond acceptors (Lipinski definition) is 2. The smallest absolute Gasteiger partial charge is 0.00488 e. The topological polar surface area (TPSA) is 38.0 Å². The summed E-state index contributed by atoms with van der Waals surface area (Å²) in [4.78, 5) is 0. The molecule has 96 valence electrons. The quantitative estimate of drug-likeness (QED) is 0.532. The molecule has 0 spiro atoms. The molecule has 0 aromatic carbocycles. The molecule has 16 heavy (non-hydrogen) atoms. The summed E-state index contributed by atoms with van der Waals surface area (Å²) in [5.74, 6) is 1.95. The molecule has 1 unspecified atom stereocenters. The van der Waals surface area contributed by atoms with Crippen LogP contribution in [-0.2, 0) is 0 Å². The maximum Gasteiger partial charge on any atom is -0.00488 e. The highest BCUT2D eigenvalue weighted by atomic mass is 14.8. The normalized spacial score (nSPS) is 17.6. The van der Waals surface area contributed by atoms with E-state index < -0.39 is 0 Å². The van der Waals surface area contributed by atoms with Crippen molar-refractivity contribution in [2.24, 2.45) is 17.6 Å². The minimum Gasteiger partial charge on any atom is -0.330 e. The van der Waals surface area contributed by atoms with E-state index in [9.17, 15) is 0 Å². The molecule has 0 aromatic heterocycles. The van der Waals surface area contributed by atoms with Crippen LogP contribution in [0.15, 0.2) is 0 Å². The zero-order valence-electron chi connectivity index (χ0n) is 11.0. The molecule has 0 aromatic rings. The van der Waals surface area contributed by atoms with Gasteiger partial charge in [0.1, 0.15) is 0 Å². The Balaban J connectivity index is 1.78. The van der Waals surface area contributed by atoms with E-state index in [0.717, 1.165) is 18.4 Å². The van der Waals surface area contributed by atoms with Crippen LogP contribution in [0.5, 0.6) is 0 Å². The Kier molecular flexibility index (Phi) is 7.87. The molecule has 1 saturated carbocycles. The van der Waals surface area contributed by atoms with Crippen LogP contribution >= 0.6 is 0 Å². The third-order valence-corrected chi connectivity index (χ3v) is 3.78. The summed E-state index contributed by atoms with van der Waals surface area (Å²) >= 11 is 0. The Labute approximate surface area is 101 Å². The molecule has 0 bridgehead atoms. The van der Waals surface area contributed by atoms with Crippen molar-refractivity contribution >= 4 is 0 Å². The first-order chi connectivity index (χ1) is 7.86. The van der Waals surface area contributed by atoms with Gasteiger partial charge in [-0.05, 0) is 63.6 Å². The lowest BCUT2D eigenvalue weighted by atomic mass is 9.97. The summed E-state index contributed by atoms with van der Waals surface area (Å²) in [6.07, 6.45) is 11.0. The maximum atomic E-state index is 5.59. The highest BCUT2D eigenvalue weighted by Crippen LogP contribution is 2.33. The van der Waals surface area contributed by atoms with Gasteiger partial charge in [0, 0.05) is 0 Å². The lowest BCUT2D eigenvalue weighted by Gasteiger charge is -2.13. The highest BCUT2D eigenvalue weighted by Gasteiger charge is 2.19. The van der Waals surface area contributed by atoms with E-state index in [1.807, 2.05) is 0 Å². The van der Waals surface area contributed by atoms with Crippen molar-refractivity contribution in [1.29, 1.82) is 0 Å². The Hall–Kier alpha value is -0.0800. The number of rotatable bonds is 11. The van der Waals surface area contributed by atoms with Crippen molar-refractivity contribution in [2.45, 2.75) is 58.3 Å². The van der Waals surface area contributed by atoms with Gasteiger partial charge in [-0.2, -0.15) is 0 Å². The third-order valence-electron chi connectivity index (χ3n) is 3.78. The first-order valence-corrected chi connectivity index (χ1v) is 7.27. The molecule has 0 amide bonds. The molecule has 0 heterocycles. The van der Waals surface area contributed by atoms with Gasteiger partial charge in [-0.3, -0.25) is 0 Å². The summed E-state index contributed by atoms with van der Waals surface area (Å²) in [7, 11) is 0. The van der Waals surface area contributed by atoms with Gasteiger partial charge in [-0.25, -0.2) is 0 Å². The second-order valence-electron chi connectivity index (χ2n) is 5.33. The summed E-state index contributed by atoms with van der Waals surface area (Å²) in [6, 6.07) is 0. The van der Waals surface area contributed by atoms with E-state index >= 15 is 0 Å². The monoisotopic (exact) mass is 226 g/mol. The van der Waals surface area contributed by atoms with Crippen LogP contribution in [0.3, 0.4) is 0 Å². The molecule has 0 saturated heterocycles. The molecule has 1 aliphatic carbocycles. The maximum absolute atomic E-state index is 5.59. The molecule has 2 heteroatoms. The van der Waals surface area contributed by atoms with Crippen LogP contribution in [0, 0.1) is 11.8 Å². The molecule has 0 aliphatic heterocycles. The third kappa shape index (κ3) is 7.24. The molecular weight excluding hydrogens is 196 g/mol.